The lowest BCUT2D eigenvalue weighted by Gasteiger charge is -2.17. The van der Waals surface area contributed by atoms with Gasteiger partial charge in [-0.3, -0.25) is 4.79 Å². The van der Waals surface area contributed by atoms with Gasteiger partial charge in [0.05, 0.1) is 20.1 Å². The van der Waals surface area contributed by atoms with Gasteiger partial charge in [0.2, 0.25) is 0 Å². The highest BCUT2D eigenvalue weighted by molar-refractivity contribution is 5.90. The predicted octanol–water partition coefficient (Wildman–Crippen LogP) is 1.06. The molecule has 14 heavy (non-hydrogen) atoms. The molecule has 0 saturated carbocycles. The summed E-state index contributed by atoms with van der Waals surface area (Å²) in [5.41, 5.74) is 0.578. The van der Waals surface area contributed by atoms with Crippen LogP contribution < -0.4 is 0 Å². The van der Waals surface area contributed by atoms with E-state index in [1.54, 1.807) is 6.08 Å². The zero-order valence-electron chi connectivity index (χ0n) is 8.41. The molecule has 4 heteroatoms. The van der Waals surface area contributed by atoms with E-state index in [-0.39, 0.29) is 17.9 Å². The quantitative estimate of drug-likeness (QED) is 0.622. The van der Waals surface area contributed by atoms with Crippen molar-refractivity contribution in [1.82, 2.24) is 0 Å². The Labute approximate surface area is 82.9 Å². The van der Waals surface area contributed by atoms with E-state index in [4.69, 9.17) is 0 Å². The highest BCUT2D eigenvalue weighted by Gasteiger charge is 2.24. The van der Waals surface area contributed by atoms with Crippen LogP contribution in [0.4, 0.5) is 0 Å². The summed E-state index contributed by atoms with van der Waals surface area (Å²) in [6.45, 7) is 0. The Hall–Kier alpha value is -1.32. The van der Waals surface area contributed by atoms with Crippen molar-refractivity contribution < 1.29 is 19.1 Å². The number of hydrogen-bond acceptors (Lipinski definition) is 4. The lowest BCUT2D eigenvalue weighted by molar-refractivity contribution is -0.144. The average molecular weight is 198 g/mol. The van der Waals surface area contributed by atoms with E-state index in [0.717, 1.165) is 12.8 Å². The number of hydrogen-bond donors (Lipinski definition) is 0. The second-order valence-electron chi connectivity index (χ2n) is 3.21. The minimum Gasteiger partial charge on any atom is -0.469 e. The van der Waals surface area contributed by atoms with Gasteiger partial charge in [0.25, 0.3) is 0 Å². The van der Waals surface area contributed by atoms with E-state index < -0.39 is 0 Å². The number of carbonyl (C=O) groups excluding carboxylic acids is 2. The molecule has 0 N–H and O–H groups in total. The Balaban J connectivity index is 2.73. The van der Waals surface area contributed by atoms with Gasteiger partial charge in [0.15, 0.2) is 0 Å². The van der Waals surface area contributed by atoms with Gasteiger partial charge in [-0.05, 0) is 19.3 Å². The molecule has 1 aliphatic carbocycles. The number of methoxy groups -OCH3 is 2. The van der Waals surface area contributed by atoms with Gasteiger partial charge in [-0.2, -0.15) is 0 Å². The molecule has 1 aliphatic rings. The highest BCUT2D eigenvalue weighted by Crippen LogP contribution is 2.24. The fraction of sp³-hybridized carbons (Fsp3) is 0.600. The number of esters is 2. The molecule has 0 aliphatic heterocycles. The largest absolute Gasteiger partial charge is 0.469 e. The van der Waals surface area contributed by atoms with Gasteiger partial charge in [-0.1, -0.05) is 6.08 Å². The van der Waals surface area contributed by atoms with Gasteiger partial charge in [-0.15, -0.1) is 0 Å². The SMILES string of the molecule is COC(=O)C1=CC(C(=O)OC)CCC1. The fourth-order valence-corrected chi connectivity index (χ4v) is 1.56. The minimum absolute atomic E-state index is 0.286. The summed E-state index contributed by atoms with van der Waals surface area (Å²) in [6, 6.07) is 0. The maximum atomic E-state index is 11.2. The lowest BCUT2D eigenvalue weighted by atomic mass is 9.90. The molecule has 0 radical (unpaired) electrons. The number of ether oxygens (including phenoxy) is 2. The highest BCUT2D eigenvalue weighted by atomic mass is 16.5. The molecule has 0 spiro atoms. The summed E-state index contributed by atoms with van der Waals surface area (Å²) in [5, 5.41) is 0. The molecule has 0 bridgehead atoms. The molecule has 1 rings (SSSR count). The Kier molecular flexibility index (Phi) is 3.68. The first kappa shape index (κ1) is 10.8. The molecule has 0 heterocycles. The van der Waals surface area contributed by atoms with Crippen molar-refractivity contribution in [3.05, 3.63) is 11.6 Å². The zero-order chi connectivity index (χ0) is 10.6. The van der Waals surface area contributed by atoms with Crippen LogP contribution in [0.5, 0.6) is 0 Å². The average Bonchev–Trinajstić information content (AvgIpc) is 2.27. The van der Waals surface area contributed by atoms with Crippen LogP contribution in [0, 0.1) is 5.92 Å². The van der Waals surface area contributed by atoms with Crippen molar-refractivity contribution in [2.75, 3.05) is 14.2 Å². The Morgan fingerprint density at radius 3 is 2.64 bits per heavy atom. The number of carbonyl (C=O) groups is 2. The summed E-state index contributed by atoms with van der Waals surface area (Å²) in [7, 11) is 2.69. The monoisotopic (exact) mass is 198 g/mol. The maximum Gasteiger partial charge on any atom is 0.333 e. The summed E-state index contributed by atoms with van der Waals surface area (Å²) in [4.78, 5) is 22.4. The van der Waals surface area contributed by atoms with E-state index in [2.05, 4.69) is 9.47 Å². The van der Waals surface area contributed by atoms with E-state index >= 15 is 0 Å². The van der Waals surface area contributed by atoms with Crippen LogP contribution in [0.25, 0.3) is 0 Å². The van der Waals surface area contributed by atoms with Crippen LogP contribution in [0.1, 0.15) is 19.3 Å². The van der Waals surface area contributed by atoms with Gasteiger partial charge in [0.1, 0.15) is 0 Å². The molecule has 0 amide bonds. The second-order valence-corrected chi connectivity index (χ2v) is 3.21. The third-order valence-corrected chi connectivity index (χ3v) is 2.32. The Bertz CT molecular complexity index is 267. The zero-order valence-corrected chi connectivity index (χ0v) is 8.41. The molecule has 0 aromatic heterocycles. The van der Waals surface area contributed by atoms with Gasteiger partial charge >= 0.3 is 11.9 Å². The Morgan fingerprint density at radius 1 is 1.36 bits per heavy atom. The fourth-order valence-electron chi connectivity index (χ4n) is 1.56. The third kappa shape index (κ3) is 2.34. The van der Waals surface area contributed by atoms with E-state index in [1.807, 2.05) is 0 Å². The molecule has 78 valence electrons. The first-order valence-corrected chi connectivity index (χ1v) is 4.56. The molecule has 0 saturated heterocycles. The first-order valence-electron chi connectivity index (χ1n) is 4.56. The normalized spacial score (nSPS) is 21.0. The smallest absolute Gasteiger partial charge is 0.333 e. The molecule has 0 aromatic rings. The van der Waals surface area contributed by atoms with E-state index in [9.17, 15) is 9.59 Å². The molecular weight excluding hydrogens is 184 g/mol. The van der Waals surface area contributed by atoms with Crippen LogP contribution in [-0.2, 0) is 19.1 Å². The molecule has 0 aromatic carbocycles. The van der Waals surface area contributed by atoms with Crippen molar-refractivity contribution in [3.8, 4) is 0 Å². The van der Waals surface area contributed by atoms with Crippen LogP contribution in [0.15, 0.2) is 11.6 Å². The minimum atomic E-state index is -0.349. The molecule has 0 fully saturated rings. The van der Waals surface area contributed by atoms with Crippen LogP contribution in [-0.4, -0.2) is 26.2 Å². The first-order chi connectivity index (χ1) is 6.69. The summed E-state index contributed by atoms with van der Waals surface area (Å²) < 4.78 is 9.21. The Morgan fingerprint density at radius 2 is 2.07 bits per heavy atom. The van der Waals surface area contributed by atoms with Crippen LogP contribution in [0.2, 0.25) is 0 Å². The summed E-state index contributed by atoms with van der Waals surface area (Å²) in [5.74, 6) is -0.924. The van der Waals surface area contributed by atoms with Gasteiger partial charge in [-0.25, -0.2) is 4.79 Å². The van der Waals surface area contributed by atoms with Crippen molar-refractivity contribution in [2.45, 2.75) is 19.3 Å². The lowest BCUT2D eigenvalue weighted by Crippen LogP contribution is -2.20. The molecule has 1 atom stereocenters. The maximum absolute atomic E-state index is 11.2. The van der Waals surface area contributed by atoms with E-state index in [0.29, 0.717) is 12.0 Å². The molecular formula is C10H14O4. The van der Waals surface area contributed by atoms with Crippen molar-refractivity contribution in [3.63, 3.8) is 0 Å². The van der Waals surface area contributed by atoms with Crippen molar-refractivity contribution >= 4 is 11.9 Å². The van der Waals surface area contributed by atoms with Crippen LogP contribution in [0.3, 0.4) is 0 Å². The van der Waals surface area contributed by atoms with Crippen molar-refractivity contribution in [1.29, 1.82) is 0 Å². The van der Waals surface area contributed by atoms with Crippen molar-refractivity contribution in [2.24, 2.45) is 5.92 Å². The third-order valence-electron chi connectivity index (χ3n) is 2.32. The second kappa shape index (κ2) is 4.79. The van der Waals surface area contributed by atoms with Crippen LogP contribution >= 0.6 is 0 Å². The predicted molar refractivity (Wildman–Crippen MR) is 49.5 cm³/mol. The topological polar surface area (TPSA) is 52.6 Å². The van der Waals surface area contributed by atoms with Gasteiger partial charge in [0, 0.05) is 5.57 Å². The van der Waals surface area contributed by atoms with E-state index in [1.165, 1.54) is 14.2 Å². The molecule has 1 unspecified atom stereocenters. The molecule has 4 nitrogen and oxygen atoms in total. The summed E-state index contributed by atoms with van der Waals surface area (Å²) in [6.07, 6.45) is 3.90. The van der Waals surface area contributed by atoms with Gasteiger partial charge < -0.3 is 9.47 Å². The number of rotatable bonds is 2. The standard InChI is InChI=1S/C10H14O4/c1-13-9(11)7-4-3-5-8(6-7)10(12)14-2/h6-7H,3-5H2,1-2H3. The summed E-state index contributed by atoms with van der Waals surface area (Å²) >= 11 is 0.